The van der Waals surface area contributed by atoms with Crippen molar-refractivity contribution >= 4 is 16.7 Å². The summed E-state index contributed by atoms with van der Waals surface area (Å²) in [7, 11) is 0. The number of fused-ring (bicyclic) bond motifs is 1. The van der Waals surface area contributed by atoms with Crippen molar-refractivity contribution in [2.75, 3.05) is 0 Å². The lowest BCUT2D eigenvalue weighted by Crippen LogP contribution is -1.97. The van der Waals surface area contributed by atoms with Gasteiger partial charge in [0.1, 0.15) is 5.82 Å². The fourth-order valence-corrected chi connectivity index (χ4v) is 2.18. The number of H-pyrrole nitrogens is 1. The molecule has 0 saturated carbocycles. The molecule has 0 radical (unpaired) electrons. The standard InChI is InChI=1S/C15H18FNO/c1-2-3-4-5-6-15(18)13-10-17-14-9-11(16)7-8-12(13)14/h7-10,17H,2-6H2,1H3. The molecule has 0 amide bonds. The Kier molecular flexibility index (Phi) is 4.13. The molecule has 1 aromatic heterocycles. The topological polar surface area (TPSA) is 32.9 Å². The summed E-state index contributed by atoms with van der Waals surface area (Å²) < 4.78 is 13.0. The number of ketones is 1. The highest BCUT2D eigenvalue weighted by molar-refractivity contribution is 6.07. The first kappa shape index (κ1) is 12.8. The molecule has 0 unspecified atom stereocenters. The zero-order valence-corrected chi connectivity index (χ0v) is 10.6. The molecule has 2 nitrogen and oxygen atoms in total. The molecule has 0 atom stereocenters. The van der Waals surface area contributed by atoms with Crippen molar-refractivity contribution in [1.29, 1.82) is 0 Å². The number of Topliss-reactive ketones (excluding diaryl/α,β-unsaturated/α-hetero) is 1. The Hall–Kier alpha value is -1.64. The van der Waals surface area contributed by atoms with Gasteiger partial charge in [-0.1, -0.05) is 26.2 Å². The molecule has 0 aliphatic carbocycles. The van der Waals surface area contributed by atoms with Crippen molar-refractivity contribution in [3.05, 3.63) is 35.8 Å². The highest BCUT2D eigenvalue weighted by atomic mass is 19.1. The minimum atomic E-state index is -0.286. The van der Waals surface area contributed by atoms with E-state index in [0.717, 1.165) is 18.2 Å². The molecule has 0 aliphatic rings. The van der Waals surface area contributed by atoms with Crippen LogP contribution in [-0.4, -0.2) is 10.8 Å². The fourth-order valence-electron chi connectivity index (χ4n) is 2.18. The van der Waals surface area contributed by atoms with Gasteiger partial charge in [0.05, 0.1) is 0 Å². The van der Waals surface area contributed by atoms with Gasteiger partial charge in [0.25, 0.3) is 0 Å². The van der Waals surface area contributed by atoms with E-state index in [1.54, 1.807) is 12.3 Å². The number of rotatable bonds is 6. The Balaban J connectivity index is 2.08. The van der Waals surface area contributed by atoms with E-state index < -0.39 is 0 Å². The highest BCUT2D eigenvalue weighted by Gasteiger charge is 2.11. The summed E-state index contributed by atoms with van der Waals surface area (Å²) in [6, 6.07) is 4.48. The fraction of sp³-hybridized carbons (Fsp3) is 0.400. The third-order valence-corrected chi connectivity index (χ3v) is 3.20. The number of aromatic nitrogens is 1. The van der Waals surface area contributed by atoms with Crippen LogP contribution in [0.1, 0.15) is 49.4 Å². The molecular weight excluding hydrogens is 229 g/mol. The first-order valence-electron chi connectivity index (χ1n) is 6.52. The monoisotopic (exact) mass is 247 g/mol. The maximum absolute atomic E-state index is 13.0. The van der Waals surface area contributed by atoms with Gasteiger partial charge >= 0.3 is 0 Å². The lowest BCUT2D eigenvalue weighted by Gasteiger charge is -1.99. The van der Waals surface area contributed by atoms with Crippen LogP contribution in [0.25, 0.3) is 10.9 Å². The second kappa shape index (κ2) is 5.80. The summed E-state index contributed by atoms with van der Waals surface area (Å²) >= 11 is 0. The second-order valence-electron chi connectivity index (χ2n) is 4.63. The van der Waals surface area contributed by atoms with E-state index in [-0.39, 0.29) is 11.6 Å². The van der Waals surface area contributed by atoms with Gasteiger partial charge in [-0.15, -0.1) is 0 Å². The van der Waals surface area contributed by atoms with Crippen molar-refractivity contribution in [3.63, 3.8) is 0 Å². The first-order chi connectivity index (χ1) is 8.72. The van der Waals surface area contributed by atoms with Gasteiger partial charge in [0.15, 0.2) is 5.78 Å². The Bertz CT molecular complexity index is 544. The van der Waals surface area contributed by atoms with Crippen molar-refractivity contribution in [3.8, 4) is 0 Å². The first-order valence-corrected chi connectivity index (χ1v) is 6.52. The largest absolute Gasteiger partial charge is 0.360 e. The minimum absolute atomic E-state index is 0.143. The van der Waals surface area contributed by atoms with Crippen LogP contribution >= 0.6 is 0 Å². The van der Waals surface area contributed by atoms with Crippen molar-refractivity contribution in [2.45, 2.75) is 39.0 Å². The summed E-state index contributed by atoms with van der Waals surface area (Å²) in [6.45, 7) is 2.15. The van der Waals surface area contributed by atoms with Crippen LogP contribution in [-0.2, 0) is 0 Å². The maximum Gasteiger partial charge on any atom is 0.165 e. The smallest absolute Gasteiger partial charge is 0.165 e. The molecule has 3 heteroatoms. The highest BCUT2D eigenvalue weighted by Crippen LogP contribution is 2.21. The number of carbonyl (C=O) groups is 1. The molecule has 18 heavy (non-hydrogen) atoms. The number of hydrogen-bond acceptors (Lipinski definition) is 1. The van der Waals surface area contributed by atoms with Crippen molar-refractivity contribution in [2.24, 2.45) is 0 Å². The Labute approximate surface area is 106 Å². The van der Waals surface area contributed by atoms with Crippen LogP contribution in [0, 0.1) is 5.82 Å². The predicted molar refractivity (Wildman–Crippen MR) is 71.3 cm³/mol. The number of benzene rings is 1. The van der Waals surface area contributed by atoms with Crippen LogP contribution < -0.4 is 0 Å². The van der Waals surface area contributed by atoms with Gasteiger partial charge in [-0.2, -0.15) is 0 Å². The zero-order valence-electron chi connectivity index (χ0n) is 10.6. The van der Waals surface area contributed by atoms with Gasteiger partial charge < -0.3 is 4.98 Å². The van der Waals surface area contributed by atoms with Gasteiger partial charge in [-0.25, -0.2) is 4.39 Å². The van der Waals surface area contributed by atoms with Crippen LogP contribution in [0.15, 0.2) is 24.4 Å². The molecular formula is C15H18FNO. The predicted octanol–water partition coefficient (Wildman–Crippen LogP) is 4.46. The van der Waals surface area contributed by atoms with Gasteiger partial charge in [0.2, 0.25) is 0 Å². The summed E-state index contributed by atoms with van der Waals surface area (Å²) in [6.07, 6.45) is 6.63. The van der Waals surface area contributed by atoms with E-state index in [2.05, 4.69) is 11.9 Å². The quantitative estimate of drug-likeness (QED) is 0.593. The SMILES string of the molecule is CCCCCCC(=O)c1c[nH]c2cc(F)ccc12. The van der Waals surface area contributed by atoms with Gasteiger partial charge in [0, 0.05) is 29.1 Å². The summed E-state index contributed by atoms with van der Waals surface area (Å²) in [5.74, 6) is -0.143. The molecule has 0 bridgehead atoms. The van der Waals surface area contributed by atoms with Gasteiger partial charge in [-0.3, -0.25) is 4.79 Å². The molecule has 0 spiro atoms. The van der Waals surface area contributed by atoms with E-state index in [1.165, 1.54) is 25.0 Å². The Morgan fingerprint density at radius 1 is 1.28 bits per heavy atom. The molecule has 1 heterocycles. The van der Waals surface area contributed by atoms with E-state index in [0.29, 0.717) is 17.5 Å². The van der Waals surface area contributed by atoms with Crippen LogP contribution in [0.3, 0.4) is 0 Å². The number of nitrogens with one attached hydrogen (secondary N) is 1. The molecule has 1 N–H and O–H groups in total. The van der Waals surface area contributed by atoms with Gasteiger partial charge in [-0.05, 0) is 24.6 Å². The maximum atomic E-state index is 13.0. The lowest BCUT2D eigenvalue weighted by atomic mass is 10.0. The average molecular weight is 247 g/mol. The van der Waals surface area contributed by atoms with Crippen molar-refractivity contribution < 1.29 is 9.18 Å². The summed E-state index contributed by atoms with van der Waals surface area (Å²) in [5.41, 5.74) is 1.37. The normalized spacial score (nSPS) is 11.0. The third-order valence-electron chi connectivity index (χ3n) is 3.20. The Morgan fingerprint density at radius 2 is 2.11 bits per heavy atom. The average Bonchev–Trinajstić information content (AvgIpc) is 2.77. The van der Waals surface area contributed by atoms with Crippen molar-refractivity contribution in [1.82, 2.24) is 4.98 Å². The summed E-state index contributed by atoms with van der Waals surface area (Å²) in [4.78, 5) is 15.0. The van der Waals surface area contributed by atoms with Crippen LogP contribution in [0.2, 0.25) is 0 Å². The summed E-state index contributed by atoms with van der Waals surface area (Å²) in [5, 5.41) is 0.817. The molecule has 96 valence electrons. The number of unbranched alkanes of at least 4 members (excludes halogenated alkanes) is 3. The van der Waals surface area contributed by atoms with E-state index in [9.17, 15) is 9.18 Å². The molecule has 0 saturated heterocycles. The third kappa shape index (κ3) is 2.78. The van der Waals surface area contributed by atoms with E-state index in [1.807, 2.05) is 0 Å². The number of halogens is 1. The Morgan fingerprint density at radius 3 is 2.89 bits per heavy atom. The second-order valence-corrected chi connectivity index (χ2v) is 4.63. The number of hydrogen-bond donors (Lipinski definition) is 1. The van der Waals surface area contributed by atoms with Crippen LogP contribution in [0.4, 0.5) is 4.39 Å². The molecule has 0 fully saturated rings. The molecule has 2 rings (SSSR count). The van der Waals surface area contributed by atoms with Crippen LogP contribution in [0.5, 0.6) is 0 Å². The number of carbonyl (C=O) groups excluding carboxylic acids is 1. The minimum Gasteiger partial charge on any atom is -0.360 e. The van der Waals surface area contributed by atoms with E-state index >= 15 is 0 Å². The zero-order chi connectivity index (χ0) is 13.0. The molecule has 1 aromatic carbocycles. The lowest BCUT2D eigenvalue weighted by molar-refractivity contribution is 0.0981. The molecule has 2 aromatic rings. The van der Waals surface area contributed by atoms with E-state index in [4.69, 9.17) is 0 Å². The molecule has 0 aliphatic heterocycles. The number of aromatic amines is 1.